The van der Waals surface area contributed by atoms with Gasteiger partial charge in [0, 0.05) is 12.1 Å². The number of benzene rings is 1. The molecule has 4 nitrogen and oxygen atoms in total. The third kappa shape index (κ3) is 5.02. The summed E-state index contributed by atoms with van der Waals surface area (Å²) in [5, 5.41) is 15.5. The minimum Gasteiger partial charge on any atom is -0.393 e. The van der Waals surface area contributed by atoms with Gasteiger partial charge in [-0.05, 0) is 64.0 Å². The topological polar surface area (TPSA) is 61.4 Å². The van der Waals surface area contributed by atoms with Crippen molar-refractivity contribution in [3.8, 4) is 0 Å². The number of aryl methyl sites for hydroxylation is 2. The molecule has 1 aromatic carbocycles. The normalized spacial score (nSPS) is 22.9. The third-order valence-corrected chi connectivity index (χ3v) is 4.43. The molecule has 2 amide bonds. The Hall–Kier alpha value is -1.55. The van der Waals surface area contributed by atoms with Gasteiger partial charge in [-0.1, -0.05) is 23.8 Å². The Kier molecular flexibility index (Phi) is 5.83. The Morgan fingerprint density at radius 1 is 1.27 bits per heavy atom. The van der Waals surface area contributed by atoms with E-state index >= 15 is 0 Å². The number of rotatable bonds is 4. The van der Waals surface area contributed by atoms with Crippen LogP contribution in [0.15, 0.2) is 18.2 Å². The minimum atomic E-state index is -0.190. The molecule has 1 fully saturated rings. The van der Waals surface area contributed by atoms with Crippen molar-refractivity contribution in [2.75, 3.05) is 0 Å². The fourth-order valence-corrected chi connectivity index (χ4v) is 3.13. The van der Waals surface area contributed by atoms with Crippen LogP contribution in [0.2, 0.25) is 0 Å². The molecule has 1 aromatic rings. The van der Waals surface area contributed by atoms with Gasteiger partial charge in [0.25, 0.3) is 0 Å². The zero-order chi connectivity index (χ0) is 16.1. The fraction of sp³-hybridized carbons (Fsp3) is 0.611. The predicted molar refractivity (Wildman–Crippen MR) is 89.0 cm³/mol. The van der Waals surface area contributed by atoms with Crippen molar-refractivity contribution in [1.29, 1.82) is 0 Å². The Balaban J connectivity index is 1.78. The Morgan fingerprint density at radius 3 is 2.59 bits per heavy atom. The van der Waals surface area contributed by atoms with Crippen LogP contribution in [-0.2, 0) is 6.42 Å². The summed E-state index contributed by atoms with van der Waals surface area (Å²) in [4.78, 5) is 12.0. The van der Waals surface area contributed by atoms with Crippen LogP contribution in [0.25, 0.3) is 0 Å². The van der Waals surface area contributed by atoms with E-state index in [1.165, 1.54) is 16.7 Å². The highest BCUT2D eigenvalue weighted by molar-refractivity contribution is 5.74. The second-order valence-corrected chi connectivity index (χ2v) is 6.66. The van der Waals surface area contributed by atoms with Gasteiger partial charge in [0.2, 0.25) is 0 Å². The van der Waals surface area contributed by atoms with Crippen LogP contribution in [0.3, 0.4) is 0 Å². The van der Waals surface area contributed by atoms with E-state index in [1.54, 1.807) is 0 Å². The zero-order valence-corrected chi connectivity index (χ0v) is 13.9. The van der Waals surface area contributed by atoms with Gasteiger partial charge in [-0.25, -0.2) is 4.79 Å². The monoisotopic (exact) mass is 304 g/mol. The number of carbonyl (C=O) groups excluding carboxylic acids is 1. The molecule has 0 saturated heterocycles. The number of aliphatic hydroxyl groups is 1. The Bertz CT molecular complexity index is 508. The first-order valence-electron chi connectivity index (χ1n) is 8.25. The predicted octanol–water partition coefficient (Wildman–Crippen LogP) is 2.84. The Morgan fingerprint density at radius 2 is 1.95 bits per heavy atom. The molecule has 0 radical (unpaired) electrons. The summed E-state index contributed by atoms with van der Waals surface area (Å²) in [6.07, 6.45) is 3.93. The molecular weight excluding hydrogens is 276 g/mol. The van der Waals surface area contributed by atoms with E-state index in [9.17, 15) is 9.90 Å². The second kappa shape index (κ2) is 7.63. The van der Waals surface area contributed by atoms with Crippen LogP contribution in [0.4, 0.5) is 4.79 Å². The molecule has 1 aliphatic carbocycles. The number of aliphatic hydroxyl groups excluding tert-OH is 1. The minimum absolute atomic E-state index is 0.0931. The van der Waals surface area contributed by atoms with E-state index in [2.05, 4.69) is 42.7 Å². The maximum absolute atomic E-state index is 12.0. The summed E-state index contributed by atoms with van der Waals surface area (Å²) >= 11 is 0. The van der Waals surface area contributed by atoms with Crippen molar-refractivity contribution in [1.82, 2.24) is 10.6 Å². The lowest BCUT2D eigenvalue weighted by atomic mass is 9.93. The van der Waals surface area contributed by atoms with E-state index < -0.39 is 0 Å². The summed E-state index contributed by atoms with van der Waals surface area (Å²) in [6, 6.07) is 6.62. The number of carbonyl (C=O) groups is 1. The summed E-state index contributed by atoms with van der Waals surface area (Å²) < 4.78 is 0. The number of urea groups is 1. The molecule has 1 aliphatic rings. The standard InChI is InChI=1S/C18H28N2O2/c1-12-4-5-15(13(2)10-12)11-14(3)19-18(22)20-16-6-8-17(21)9-7-16/h4-5,10,14,16-17,21H,6-9,11H2,1-3H3,(H2,19,20,22). The molecule has 2 rings (SSSR count). The van der Waals surface area contributed by atoms with Crippen LogP contribution in [0, 0.1) is 13.8 Å². The smallest absolute Gasteiger partial charge is 0.315 e. The lowest BCUT2D eigenvalue weighted by molar-refractivity contribution is 0.117. The highest BCUT2D eigenvalue weighted by atomic mass is 16.3. The molecule has 0 aliphatic heterocycles. The summed E-state index contributed by atoms with van der Waals surface area (Å²) in [7, 11) is 0. The molecule has 4 heteroatoms. The summed E-state index contributed by atoms with van der Waals surface area (Å²) in [5.74, 6) is 0. The van der Waals surface area contributed by atoms with Crippen molar-refractivity contribution in [2.24, 2.45) is 0 Å². The number of amides is 2. The molecule has 1 saturated carbocycles. The molecule has 0 bridgehead atoms. The van der Waals surface area contributed by atoms with Gasteiger partial charge in [0.05, 0.1) is 6.10 Å². The van der Waals surface area contributed by atoms with Gasteiger partial charge in [-0.3, -0.25) is 0 Å². The average molecular weight is 304 g/mol. The summed E-state index contributed by atoms with van der Waals surface area (Å²) in [6.45, 7) is 6.24. The molecule has 1 atom stereocenters. The number of hydrogen-bond acceptors (Lipinski definition) is 2. The van der Waals surface area contributed by atoms with Gasteiger partial charge in [-0.15, -0.1) is 0 Å². The highest BCUT2D eigenvalue weighted by Gasteiger charge is 2.21. The molecular formula is C18H28N2O2. The van der Waals surface area contributed by atoms with Crippen LogP contribution in [-0.4, -0.2) is 29.3 Å². The maximum atomic E-state index is 12.0. The van der Waals surface area contributed by atoms with Crippen LogP contribution < -0.4 is 10.6 Å². The van der Waals surface area contributed by atoms with Gasteiger partial charge < -0.3 is 15.7 Å². The van der Waals surface area contributed by atoms with Crippen molar-refractivity contribution in [3.63, 3.8) is 0 Å². The van der Waals surface area contributed by atoms with Gasteiger partial charge >= 0.3 is 6.03 Å². The van der Waals surface area contributed by atoms with E-state index in [-0.39, 0.29) is 24.2 Å². The van der Waals surface area contributed by atoms with Gasteiger partial charge in [-0.2, -0.15) is 0 Å². The SMILES string of the molecule is Cc1ccc(CC(C)NC(=O)NC2CCC(O)CC2)c(C)c1. The fourth-order valence-electron chi connectivity index (χ4n) is 3.13. The van der Waals surface area contributed by atoms with Crippen molar-refractivity contribution in [2.45, 2.75) is 71.1 Å². The van der Waals surface area contributed by atoms with E-state index in [1.807, 2.05) is 6.92 Å². The molecule has 0 aromatic heterocycles. The number of hydrogen-bond donors (Lipinski definition) is 3. The first-order chi connectivity index (χ1) is 10.4. The van der Waals surface area contributed by atoms with E-state index in [0.29, 0.717) is 0 Å². The quantitative estimate of drug-likeness (QED) is 0.801. The van der Waals surface area contributed by atoms with Crippen LogP contribution >= 0.6 is 0 Å². The van der Waals surface area contributed by atoms with Gasteiger partial charge in [0.15, 0.2) is 0 Å². The second-order valence-electron chi connectivity index (χ2n) is 6.66. The van der Waals surface area contributed by atoms with Crippen LogP contribution in [0.1, 0.15) is 49.3 Å². The van der Waals surface area contributed by atoms with E-state index in [0.717, 1.165) is 32.1 Å². The van der Waals surface area contributed by atoms with Gasteiger partial charge in [0.1, 0.15) is 0 Å². The van der Waals surface area contributed by atoms with Crippen molar-refractivity contribution >= 4 is 6.03 Å². The van der Waals surface area contributed by atoms with E-state index in [4.69, 9.17) is 0 Å². The van der Waals surface area contributed by atoms with Crippen molar-refractivity contribution < 1.29 is 9.90 Å². The molecule has 0 heterocycles. The maximum Gasteiger partial charge on any atom is 0.315 e. The largest absolute Gasteiger partial charge is 0.393 e. The molecule has 3 N–H and O–H groups in total. The summed E-state index contributed by atoms with van der Waals surface area (Å²) in [5.41, 5.74) is 3.81. The average Bonchev–Trinajstić information content (AvgIpc) is 2.44. The highest BCUT2D eigenvalue weighted by Crippen LogP contribution is 2.18. The molecule has 0 spiro atoms. The zero-order valence-electron chi connectivity index (χ0n) is 13.9. The lowest BCUT2D eigenvalue weighted by Gasteiger charge is -2.27. The molecule has 1 unspecified atom stereocenters. The molecule has 122 valence electrons. The Labute approximate surface area is 133 Å². The number of nitrogens with one attached hydrogen (secondary N) is 2. The first-order valence-corrected chi connectivity index (χ1v) is 8.25. The lowest BCUT2D eigenvalue weighted by Crippen LogP contribution is -2.47. The molecule has 22 heavy (non-hydrogen) atoms. The van der Waals surface area contributed by atoms with Crippen molar-refractivity contribution in [3.05, 3.63) is 34.9 Å². The first kappa shape index (κ1) is 16.8. The van der Waals surface area contributed by atoms with Crippen LogP contribution in [0.5, 0.6) is 0 Å². The third-order valence-electron chi connectivity index (χ3n) is 4.43.